The predicted octanol–water partition coefficient (Wildman–Crippen LogP) is 5.86. The third-order valence-corrected chi connectivity index (χ3v) is 7.83. The highest BCUT2D eigenvalue weighted by atomic mass is 19.4. The number of likely N-dealkylation sites (tertiary alicyclic amines) is 1. The Labute approximate surface area is 229 Å². The topological polar surface area (TPSA) is 81.7 Å². The standard InChI is InChI=1S/C30H29F3N4O3/c1-19-34-25-7-5-21(16-26(25)35-19)20-6-8-27-22(15-20)18-37(13-14-40-27)28(38)36-11-9-29(39,10-12-36)23-3-2-4-24(17-23)30(31,32)33/h2-8,15-17,39H,9-14,18H2,1H3,(H,34,35). The molecule has 4 aromatic rings. The van der Waals surface area contributed by atoms with Gasteiger partial charge in [-0.25, -0.2) is 9.78 Å². The van der Waals surface area contributed by atoms with Gasteiger partial charge in [-0.3, -0.25) is 0 Å². The van der Waals surface area contributed by atoms with Crippen molar-refractivity contribution < 1.29 is 27.8 Å². The molecule has 1 fully saturated rings. The summed E-state index contributed by atoms with van der Waals surface area (Å²) in [6.07, 6.45) is -4.18. The summed E-state index contributed by atoms with van der Waals surface area (Å²) < 4.78 is 45.6. The van der Waals surface area contributed by atoms with Gasteiger partial charge in [0.1, 0.15) is 18.2 Å². The van der Waals surface area contributed by atoms with Crippen molar-refractivity contribution in [3.05, 3.63) is 83.2 Å². The number of amides is 2. The average Bonchev–Trinajstić information content (AvgIpc) is 3.18. The molecule has 0 spiro atoms. The Balaban J connectivity index is 1.17. The molecule has 10 heteroatoms. The predicted molar refractivity (Wildman–Crippen MR) is 144 cm³/mol. The van der Waals surface area contributed by atoms with Crippen LogP contribution in [0.5, 0.6) is 5.75 Å². The second-order valence-corrected chi connectivity index (χ2v) is 10.5. The number of nitrogens with one attached hydrogen (secondary N) is 1. The molecule has 7 nitrogen and oxygen atoms in total. The first-order valence-corrected chi connectivity index (χ1v) is 13.3. The molecule has 0 bridgehead atoms. The Bertz CT molecular complexity index is 1570. The summed E-state index contributed by atoms with van der Waals surface area (Å²) >= 11 is 0. The number of hydrogen-bond donors (Lipinski definition) is 2. The molecule has 2 N–H and O–H groups in total. The van der Waals surface area contributed by atoms with Crippen LogP contribution in [0.25, 0.3) is 22.2 Å². The fourth-order valence-electron chi connectivity index (χ4n) is 5.60. The first-order chi connectivity index (χ1) is 19.1. The number of nitrogens with zero attached hydrogens (tertiary/aromatic N) is 3. The Morgan fingerprint density at radius 3 is 2.52 bits per heavy atom. The van der Waals surface area contributed by atoms with Gasteiger partial charge in [0.15, 0.2) is 0 Å². The third-order valence-electron chi connectivity index (χ3n) is 7.83. The minimum atomic E-state index is -4.49. The summed E-state index contributed by atoms with van der Waals surface area (Å²) in [5.41, 5.74) is 2.77. The number of carbonyl (C=O) groups is 1. The number of H-pyrrole nitrogens is 1. The zero-order chi connectivity index (χ0) is 28.1. The molecule has 3 heterocycles. The van der Waals surface area contributed by atoms with E-state index in [2.05, 4.69) is 16.0 Å². The van der Waals surface area contributed by atoms with Crippen molar-refractivity contribution in [3.63, 3.8) is 0 Å². The number of fused-ring (bicyclic) bond motifs is 2. The Morgan fingerprint density at radius 1 is 1.00 bits per heavy atom. The van der Waals surface area contributed by atoms with Crippen LogP contribution in [0.1, 0.15) is 35.4 Å². The fourth-order valence-corrected chi connectivity index (χ4v) is 5.60. The van der Waals surface area contributed by atoms with Crippen molar-refractivity contribution in [1.82, 2.24) is 19.8 Å². The number of benzene rings is 3. The number of aromatic amines is 1. The number of aromatic nitrogens is 2. The van der Waals surface area contributed by atoms with E-state index in [-0.39, 0.29) is 37.5 Å². The van der Waals surface area contributed by atoms with Gasteiger partial charge < -0.3 is 24.6 Å². The van der Waals surface area contributed by atoms with Crippen LogP contribution in [-0.4, -0.2) is 57.1 Å². The number of ether oxygens (including phenoxy) is 1. The van der Waals surface area contributed by atoms with E-state index in [0.29, 0.717) is 19.7 Å². The van der Waals surface area contributed by atoms with Gasteiger partial charge in [-0.05, 0) is 72.9 Å². The van der Waals surface area contributed by atoms with Crippen LogP contribution in [0.15, 0.2) is 60.7 Å². The van der Waals surface area contributed by atoms with Gasteiger partial charge in [-0.15, -0.1) is 0 Å². The van der Waals surface area contributed by atoms with E-state index in [1.54, 1.807) is 9.80 Å². The monoisotopic (exact) mass is 550 g/mol. The number of hydrogen-bond acceptors (Lipinski definition) is 4. The van der Waals surface area contributed by atoms with Crippen molar-refractivity contribution >= 4 is 17.1 Å². The molecule has 2 amide bonds. The average molecular weight is 551 g/mol. The van der Waals surface area contributed by atoms with Gasteiger partial charge in [0.2, 0.25) is 0 Å². The van der Waals surface area contributed by atoms with Crippen molar-refractivity contribution in [1.29, 1.82) is 0 Å². The van der Waals surface area contributed by atoms with Crippen LogP contribution < -0.4 is 4.74 Å². The summed E-state index contributed by atoms with van der Waals surface area (Å²) in [5.74, 6) is 1.58. The molecule has 6 rings (SSSR count). The molecule has 0 atom stereocenters. The molecule has 2 aliphatic heterocycles. The Morgan fingerprint density at radius 2 is 1.75 bits per heavy atom. The van der Waals surface area contributed by atoms with E-state index < -0.39 is 17.3 Å². The molecule has 0 saturated carbocycles. The van der Waals surface area contributed by atoms with Crippen molar-refractivity contribution in [2.45, 2.75) is 38.1 Å². The van der Waals surface area contributed by atoms with Crippen molar-refractivity contribution in [3.8, 4) is 16.9 Å². The largest absolute Gasteiger partial charge is 0.491 e. The van der Waals surface area contributed by atoms with Gasteiger partial charge in [0.05, 0.1) is 35.3 Å². The maximum atomic E-state index is 13.5. The van der Waals surface area contributed by atoms with Crippen LogP contribution in [0.3, 0.4) is 0 Å². The second-order valence-electron chi connectivity index (χ2n) is 10.5. The zero-order valence-electron chi connectivity index (χ0n) is 22.0. The van der Waals surface area contributed by atoms with Gasteiger partial charge in [0.25, 0.3) is 0 Å². The molecule has 40 heavy (non-hydrogen) atoms. The smallest absolute Gasteiger partial charge is 0.416 e. The van der Waals surface area contributed by atoms with Crippen LogP contribution in [0.2, 0.25) is 0 Å². The number of piperidine rings is 1. The lowest BCUT2D eigenvalue weighted by Gasteiger charge is -2.40. The lowest BCUT2D eigenvalue weighted by Crippen LogP contribution is -2.50. The van der Waals surface area contributed by atoms with Crippen LogP contribution >= 0.6 is 0 Å². The number of carbonyl (C=O) groups excluding carboxylic acids is 1. The van der Waals surface area contributed by atoms with E-state index in [1.807, 2.05) is 37.3 Å². The molecular formula is C30H29F3N4O3. The van der Waals surface area contributed by atoms with Gasteiger partial charge in [0, 0.05) is 18.7 Å². The fraction of sp³-hybridized carbons (Fsp3) is 0.333. The van der Waals surface area contributed by atoms with E-state index in [0.717, 1.165) is 51.4 Å². The van der Waals surface area contributed by atoms with Crippen molar-refractivity contribution in [2.75, 3.05) is 26.2 Å². The molecule has 2 aliphatic rings. The Kier molecular flexibility index (Phi) is 6.45. The number of urea groups is 1. The SMILES string of the molecule is Cc1nc2ccc(-c3ccc4c(c3)CN(C(=O)N3CCC(O)(c5cccc(C(F)(F)F)c5)CC3)CCO4)cc2[nH]1. The van der Waals surface area contributed by atoms with Crippen LogP contribution in [-0.2, 0) is 18.3 Å². The summed E-state index contributed by atoms with van der Waals surface area (Å²) in [4.78, 5) is 24.6. The highest BCUT2D eigenvalue weighted by Gasteiger charge is 2.39. The lowest BCUT2D eigenvalue weighted by atomic mass is 9.84. The number of halogens is 3. The number of rotatable bonds is 2. The van der Waals surface area contributed by atoms with E-state index >= 15 is 0 Å². The molecule has 1 aromatic heterocycles. The molecule has 0 radical (unpaired) electrons. The normalized spacial score (nSPS) is 17.3. The lowest BCUT2D eigenvalue weighted by molar-refractivity contribution is -0.137. The minimum absolute atomic E-state index is 0.153. The summed E-state index contributed by atoms with van der Waals surface area (Å²) in [5, 5.41) is 11.2. The van der Waals surface area contributed by atoms with Gasteiger partial charge in [-0.1, -0.05) is 24.3 Å². The summed E-state index contributed by atoms with van der Waals surface area (Å²) in [6, 6.07) is 16.6. The van der Waals surface area contributed by atoms with Gasteiger partial charge in [-0.2, -0.15) is 13.2 Å². The molecule has 0 unspecified atom stereocenters. The van der Waals surface area contributed by atoms with Gasteiger partial charge >= 0.3 is 12.2 Å². The first kappa shape index (κ1) is 26.2. The van der Waals surface area contributed by atoms with Crippen LogP contribution in [0, 0.1) is 6.92 Å². The van der Waals surface area contributed by atoms with E-state index in [4.69, 9.17) is 4.74 Å². The molecule has 1 saturated heterocycles. The minimum Gasteiger partial charge on any atom is -0.491 e. The zero-order valence-corrected chi connectivity index (χ0v) is 22.0. The third kappa shape index (κ3) is 4.99. The highest BCUT2D eigenvalue weighted by molar-refractivity contribution is 5.82. The second kappa shape index (κ2) is 9.85. The van der Waals surface area contributed by atoms with E-state index in [9.17, 15) is 23.1 Å². The highest BCUT2D eigenvalue weighted by Crippen LogP contribution is 2.37. The molecule has 208 valence electrons. The van der Waals surface area contributed by atoms with E-state index in [1.165, 1.54) is 12.1 Å². The maximum absolute atomic E-state index is 13.5. The maximum Gasteiger partial charge on any atom is 0.416 e. The molecular weight excluding hydrogens is 521 g/mol. The Hall–Kier alpha value is -4.05. The number of aliphatic hydroxyl groups is 1. The quantitative estimate of drug-likeness (QED) is 0.328. The van der Waals surface area contributed by atoms with Crippen LogP contribution in [0.4, 0.5) is 18.0 Å². The summed E-state index contributed by atoms with van der Waals surface area (Å²) in [6.45, 7) is 3.50. The number of alkyl halides is 3. The number of imidazole rings is 1. The summed E-state index contributed by atoms with van der Waals surface area (Å²) in [7, 11) is 0. The molecule has 3 aromatic carbocycles. The first-order valence-electron chi connectivity index (χ1n) is 13.3. The molecule has 0 aliphatic carbocycles. The number of aryl methyl sites for hydroxylation is 1. The van der Waals surface area contributed by atoms with Crippen molar-refractivity contribution in [2.24, 2.45) is 0 Å².